The third kappa shape index (κ3) is 4.04. The van der Waals surface area contributed by atoms with Gasteiger partial charge in [0, 0.05) is 13.0 Å². The van der Waals surface area contributed by atoms with Gasteiger partial charge in [-0.1, -0.05) is 12.1 Å². The summed E-state index contributed by atoms with van der Waals surface area (Å²) in [6.07, 6.45) is -3.04. The summed E-state index contributed by atoms with van der Waals surface area (Å²) in [5.74, 6) is 0.664. The largest absolute Gasteiger partial charge is 0.416 e. The van der Waals surface area contributed by atoms with Crippen LogP contribution in [0.25, 0.3) is 0 Å². The number of rotatable bonds is 5. The number of halogens is 3. The number of alkyl halides is 3. The Morgan fingerprint density at radius 3 is 2.43 bits per heavy atom. The predicted octanol–water partition coefficient (Wildman–Crippen LogP) is 2.46. The number of aliphatic hydroxyl groups excluding tert-OH is 1. The van der Waals surface area contributed by atoms with E-state index in [4.69, 9.17) is 0 Å². The van der Waals surface area contributed by atoms with Gasteiger partial charge in [0.2, 0.25) is 0 Å². The van der Waals surface area contributed by atoms with Crippen molar-refractivity contribution in [2.45, 2.75) is 38.6 Å². The molecule has 21 heavy (non-hydrogen) atoms. The topological polar surface area (TPSA) is 50.9 Å². The van der Waals surface area contributed by atoms with Crippen molar-refractivity contribution >= 4 is 0 Å². The van der Waals surface area contributed by atoms with Gasteiger partial charge in [0.25, 0.3) is 0 Å². The molecule has 1 heterocycles. The highest BCUT2D eigenvalue weighted by Crippen LogP contribution is 2.29. The highest BCUT2D eigenvalue weighted by Gasteiger charge is 2.29. The minimum Gasteiger partial charge on any atom is -0.392 e. The number of aryl methyl sites for hydroxylation is 1. The fraction of sp³-hybridized carbons (Fsp3) is 0.429. The SMILES string of the molecule is CCn1ncnc1CC(O)Cc1ccc(C(F)(F)F)cc1. The Labute approximate surface area is 120 Å². The maximum absolute atomic E-state index is 12.5. The van der Waals surface area contributed by atoms with Crippen molar-refractivity contribution in [1.29, 1.82) is 0 Å². The summed E-state index contributed by atoms with van der Waals surface area (Å²) in [6.45, 7) is 2.57. The normalized spacial score (nSPS) is 13.4. The lowest BCUT2D eigenvalue weighted by Gasteiger charge is -2.12. The minimum atomic E-state index is -4.34. The van der Waals surface area contributed by atoms with Crippen LogP contribution in [0.4, 0.5) is 13.2 Å². The third-order valence-corrected chi connectivity index (χ3v) is 3.17. The molecule has 0 aliphatic heterocycles. The minimum absolute atomic E-state index is 0.273. The van der Waals surface area contributed by atoms with Crippen LogP contribution in [-0.2, 0) is 25.6 Å². The summed E-state index contributed by atoms with van der Waals surface area (Å²) in [5, 5.41) is 14.0. The number of aromatic nitrogens is 3. The van der Waals surface area contributed by atoms with Gasteiger partial charge in [0.05, 0.1) is 11.7 Å². The Bertz CT molecular complexity index is 578. The number of aliphatic hydroxyl groups is 1. The van der Waals surface area contributed by atoms with Crippen molar-refractivity contribution in [2.75, 3.05) is 0 Å². The van der Waals surface area contributed by atoms with Gasteiger partial charge in [-0.25, -0.2) is 4.98 Å². The van der Waals surface area contributed by atoms with E-state index in [9.17, 15) is 18.3 Å². The van der Waals surface area contributed by atoms with Crippen molar-refractivity contribution in [3.05, 3.63) is 47.5 Å². The standard InChI is InChI=1S/C14H16F3N3O/c1-2-20-13(18-9-19-20)8-12(21)7-10-3-5-11(6-4-10)14(15,16)17/h3-6,9,12,21H,2,7-8H2,1H3. The van der Waals surface area contributed by atoms with Crippen molar-refractivity contribution in [1.82, 2.24) is 14.8 Å². The molecular weight excluding hydrogens is 283 g/mol. The maximum Gasteiger partial charge on any atom is 0.416 e. The van der Waals surface area contributed by atoms with Crippen LogP contribution in [0.3, 0.4) is 0 Å². The second kappa shape index (κ2) is 6.26. The van der Waals surface area contributed by atoms with Gasteiger partial charge >= 0.3 is 6.18 Å². The van der Waals surface area contributed by atoms with Crippen LogP contribution >= 0.6 is 0 Å². The summed E-state index contributed by atoms with van der Waals surface area (Å²) in [4.78, 5) is 4.06. The smallest absolute Gasteiger partial charge is 0.392 e. The van der Waals surface area contributed by atoms with Gasteiger partial charge in [-0.2, -0.15) is 18.3 Å². The van der Waals surface area contributed by atoms with Gasteiger partial charge in [-0.3, -0.25) is 4.68 Å². The Hall–Kier alpha value is -1.89. The van der Waals surface area contributed by atoms with E-state index in [1.807, 2.05) is 6.92 Å². The molecule has 0 bridgehead atoms. The summed E-state index contributed by atoms with van der Waals surface area (Å²) >= 11 is 0. The molecule has 1 unspecified atom stereocenters. The Kier molecular flexibility index (Phi) is 4.62. The van der Waals surface area contributed by atoms with Gasteiger partial charge in [0.15, 0.2) is 0 Å². The van der Waals surface area contributed by atoms with E-state index >= 15 is 0 Å². The summed E-state index contributed by atoms with van der Waals surface area (Å²) in [7, 11) is 0. The molecule has 2 aromatic rings. The van der Waals surface area contributed by atoms with Crippen molar-refractivity contribution in [3.8, 4) is 0 Å². The van der Waals surface area contributed by atoms with Gasteiger partial charge in [0.1, 0.15) is 12.2 Å². The first-order chi connectivity index (χ1) is 9.90. The molecule has 0 aliphatic rings. The average molecular weight is 299 g/mol. The summed E-state index contributed by atoms with van der Waals surface area (Å²) in [6, 6.07) is 4.82. The molecule has 1 atom stereocenters. The monoisotopic (exact) mass is 299 g/mol. The lowest BCUT2D eigenvalue weighted by Crippen LogP contribution is -2.17. The molecule has 0 aliphatic carbocycles. The quantitative estimate of drug-likeness (QED) is 0.922. The fourth-order valence-electron chi connectivity index (χ4n) is 2.10. The molecule has 0 radical (unpaired) electrons. The second-order valence-corrected chi connectivity index (χ2v) is 4.75. The van der Waals surface area contributed by atoms with Crippen molar-refractivity contribution in [3.63, 3.8) is 0 Å². The molecular formula is C14H16F3N3O. The van der Waals surface area contributed by atoms with Crippen LogP contribution in [0.15, 0.2) is 30.6 Å². The molecule has 7 heteroatoms. The van der Waals surface area contributed by atoms with Crippen LogP contribution in [0.1, 0.15) is 23.9 Å². The summed E-state index contributed by atoms with van der Waals surface area (Å²) < 4.78 is 39.0. The number of benzene rings is 1. The van der Waals surface area contributed by atoms with E-state index in [0.29, 0.717) is 24.4 Å². The van der Waals surface area contributed by atoms with Crippen LogP contribution in [-0.4, -0.2) is 26.0 Å². The molecule has 1 aromatic carbocycles. The molecule has 0 spiro atoms. The first-order valence-corrected chi connectivity index (χ1v) is 6.61. The van der Waals surface area contributed by atoms with Crippen LogP contribution < -0.4 is 0 Å². The third-order valence-electron chi connectivity index (χ3n) is 3.17. The van der Waals surface area contributed by atoms with E-state index in [-0.39, 0.29) is 6.42 Å². The lowest BCUT2D eigenvalue weighted by molar-refractivity contribution is -0.137. The van der Waals surface area contributed by atoms with E-state index in [1.165, 1.54) is 18.5 Å². The van der Waals surface area contributed by atoms with Crippen molar-refractivity contribution < 1.29 is 18.3 Å². The van der Waals surface area contributed by atoms with Gasteiger partial charge in [-0.05, 0) is 31.0 Å². The molecule has 0 saturated heterocycles. The van der Waals surface area contributed by atoms with Crippen LogP contribution in [0.5, 0.6) is 0 Å². The average Bonchev–Trinajstić information content (AvgIpc) is 2.85. The zero-order valence-electron chi connectivity index (χ0n) is 11.5. The highest BCUT2D eigenvalue weighted by atomic mass is 19.4. The van der Waals surface area contributed by atoms with E-state index < -0.39 is 17.8 Å². The number of nitrogens with zero attached hydrogens (tertiary/aromatic N) is 3. The number of hydrogen-bond acceptors (Lipinski definition) is 3. The zero-order valence-corrected chi connectivity index (χ0v) is 11.5. The van der Waals surface area contributed by atoms with Crippen LogP contribution in [0.2, 0.25) is 0 Å². The number of hydrogen-bond donors (Lipinski definition) is 1. The molecule has 1 N–H and O–H groups in total. The van der Waals surface area contributed by atoms with Gasteiger partial charge < -0.3 is 5.11 Å². The van der Waals surface area contributed by atoms with E-state index in [2.05, 4.69) is 10.1 Å². The highest BCUT2D eigenvalue weighted by molar-refractivity contribution is 5.25. The molecule has 0 fully saturated rings. The molecule has 4 nitrogen and oxygen atoms in total. The van der Waals surface area contributed by atoms with Gasteiger partial charge in [-0.15, -0.1) is 0 Å². The Morgan fingerprint density at radius 1 is 1.19 bits per heavy atom. The molecule has 1 aromatic heterocycles. The Balaban J connectivity index is 1.98. The van der Waals surface area contributed by atoms with E-state index in [1.54, 1.807) is 4.68 Å². The van der Waals surface area contributed by atoms with Crippen LogP contribution in [0, 0.1) is 0 Å². The lowest BCUT2D eigenvalue weighted by atomic mass is 10.0. The predicted molar refractivity (Wildman–Crippen MR) is 70.6 cm³/mol. The van der Waals surface area contributed by atoms with Crippen molar-refractivity contribution in [2.24, 2.45) is 0 Å². The molecule has 114 valence electrons. The maximum atomic E-state index is 12.5. The zero-order chi connectivity index (χ0) is 15.5. The molecule has 0 saturated carbocycles. The summed E-state index contributed by atoms with van der Waals surface area (Å²) in [5.41, 5.74) is -0.0375. The first kappa shape index (κ1) is 15.5. The first-order valence-electron chi connectivity index (χ1n) is 6.61. The Morgan fingerprint density at radius 2 is 1.86 bits per heavy atom. The second-order valence-electron chi connectivity index (χ2n) is 4.75. The van der Waals surface area contributed by atoms with E-state index in [0.717, 1.165) is 12.1 Å². The fourth-order valence-corrected chi connectivity index (χ4v) is 2.10. The molecule has 0 amide bonds. The molecule has 2 rings (SSSR count).